The summed E-state index contributed by atoms with van der Waals surface area (Å²) in [4.78, 5) is 19.8. The van der Waals surface area contributed by atoms with E-state index in [9.17, 15) is 4.79 Å². The quantitative estimate of drug-likeness (QED) is 0.397. The molecular weight excluding hydrogens is 388 g/mol. The van der Waals surface area contributed by atoms with Crippen LogP contribution in [0.25, 0.3) is 11.0 Å². The number of ether oxygens (including phenoxy) is 1. The number of aryl methyl sites for hydroxylation is 2. The number of rotatable bonds is 6. The summed E-state index contributed by atoms with van der Waals surface area (Å²) in [5.41, 5.74) is 4.67. The van der Waals surface area contributed by atoms with Crippen molar-refractivity contribution >= 4 is 16.9 Å². The van der Waals surface area contributed by atoms with Crippen molar-refractivity contribution in [3.8, 4) is 5.75 Å². The zero-order valence-corrected chi connectivity index (χ0v) is 18.3. The molecule has 0 aliphatic rings. The van der Waals surface area contributed by atoms with Gasteiger partial charge in [0, 0.05) is 29.9 Å². The lowest BCUT2D eigenvalue weighted by Gasteiger charge is -2.29. The number of methoxy groups -OCH3 is 1. The number of hydrogen-bond acceptors (Lipinski definition) is 4. The standard InChI is InChI=1S/C26H26N2O3/c1-17-7-12-23-18(2)25(31-24(23)14-17)26(29)28(16-20-6-5-13-27-15-20)19(3)21-8-10-22(30-4)11-9-21/h5-15,19H,16H2,1-4H3. The zero-order chi connectivity index (χ0) is 22.0. The summed E-state index contributed by atoms with van der Waals surface area (Å²) in [5.74, 6) is 1.02. The Bertz CT molecular complexity index is 1200. The number of amides is 1. The van der Waals surface area contributed by atoms with Gasteiger partial charge in [0.1, 0.15) is 11.3 Å². The molecule has 0 saturated heterocycles. The maximum absolute atomic E-state index is 13.7. The largest absolute Gasteiger partial charge is 0.497 e. The van der Waals surface area contributed by atoms with Crippen LogP contribution < -0.4 is 4.74 Å². The van der Waals surface area contributed by atoms with Gasteiger partial charge in [-0.2, -0.15) is 0 Å². The van der Waals surface area contributed by atoms with Gasteiger partial charge in [-0.3, -0.25) is 9.78 Å². The Hall–Kier alpha value is -3.60. The van der Waals surface area contributed by atoms with E-state index in [-0.39, 0.29) is 11.9 Å². The highest BCUT2D eigenvalue weighted by atomic mass is 16.5. The molecule has 0 bridgehead atoms. The normalized spacial score (nSPS) is 12.0. The van der Waals surface area contributed by atoms with Crippen molar-refractivity contribution in [1.29, 1.82) is 0 Å². The summed E-state index contributed by atoms with van der Waals surface area (Å²) < 4.78 is 11.3. The van der Waals surface area contributed by atoms with Crippen LogP contribution in [0.3, 0.4) is 0 Å². The molecule has 0 saturated carbocycles. The summed E-state index contributed by atoms with van der Waals surface area (Å²) in [7, 11) is 1.64. The van der Waals surface area contributed by atoms with Crippen LogP contribution in [-0.4, -0.2) is 22.9 Å². The molecule has 4 rings (SSSR count). The van der Waals surface area contributed by atoms with Crippen LogP contribution in [0.1, 0.15) is 45.8 Å². The lowest BCUT2D eigenvalue weighted by atomic mass is 10.0. The van der Waals surface area contributed by atoms with Gasteiger partial charge in [-0.25, -0.2) is 0 Å². The van der Waals surface area contributed by atoms with Crippen molar-refractivity contribution in [3.63, 3.8) is 0 Å². The Labute approximate surface area is 182 Å². The molecule has 1 amide bonds. The third-order valence-electron chi connectivity index (χ3n) is 5.69. The number of hydrogen-bond donors (Lipinski definition) is 0. The Morgan fingerprint density at radius 3 is 2.58 bits per heavy atom. The number of benzene rings is 2. The lowest BCUT2D eigenvalue weighted by molar-refractivity contribution is 0.0642. The fraction of sp³-hybridized carbons (Fsp3) is 0.231. The summed E-state index contributed by atoms with van der Waals surface area (Å²) in [6.45, 7) is 6.40. The van der Waals surface area contributed by atoms with E-state index in [0.717, 1.165) is 39.0 Å². The number of aromatic nitrogens is 1. The van der Waals surface area contributed by atoms with Crippen LogP contribution >= 0.6 is 0 Å². The van der Waals surface area contributed by atoms with Crippen LogP contribution in [0.15, 0.2) is 71.4 Å². The molecule has 1 atom stereocenters. The molecule has 0 aliphatic carbocycles. The number of carbonyl (C=O) groups excluding carboxylic acids is 1. The predicted octanol–water partition coefficient (Wildman–Crippen LogP) is 5.86. The van der Waals surface area contributed by atoms with Gasteiger partial charge < -0.3 is 14.1 Å². The number of nitrogens with zero attached hydrogens (tertiary/aromatic N) is 2. The molecule has 0 aliphatic heterocycles. The Morgan fingerprint density at radius 1 is 1.13 bits per heavy atom. The van der Waals surface area contributed by atoms with Gasteiger partial charge >= 0.3 is 0 Å². The molecule has 0 N–H and O–H groups in total. The average molecular weight is 415 g/mol. The number of carbonyl (C=O) groups is 1. The van der Waals surface area contributed by atoms with Gasteiger partial charge in [0.15, 0.2) is 5.76 Å². The molecule has 5 heteroatoms. The SMILES string of the molecule is COc1ccc(C(C)N(Cc2cccnc2)C(=O)c2oc3cc(C)ccc3c2C)cc1. The average Bonchev–Trinajstić information content (AvgIpc) is 3.12. The molecule has 2 heterocycles. The first kappa shape index (κ1) is 20.7. The summed E-state index contributed by atoms with van der Waals surface area (Å²) in [6, 6.07) is 17.5. The molecule has 0 fully saturated rings. The smallest absolute Gasteiger partial charge is 0.290 e. The minimum Gasteiger partial charge on any atom is -0.497 e. The molecular formula is C26H26N2O3. The van der Waals surface area contributed by atoms with Crippen LogP contribution in [-0.2, 0) is 6.54 Å². The van der Waals surface area contributed by atoms with E-state index >= 15 is 0 Å². The van der Waals surface area contributed by atoms with Gasteiger partial charge in [0.2, 0.25) is 0 Å². The van der Waals surface area contributed by atoms with Crippen LogP contribution in [0.2, 0.25) is 0 Å². The second kappa shape index (κ2) is 8.64. The van der Waals surface area contributed by atoms with Crippen LogP contribution in [0.5, 0.6) is 5.75 Å². The zero-order valence-electron chi connectivity index (χ0n) is 18.3. The second-order valence-corrected chi connectivity index (χ2v) is 7.80. The molecule has 5 nitrogen and oxygen atoms in total. The highest BCUT2D eigenvalue weighted by Crippen LogP contribution is 2.31. The van der Waals surface area contributed by atoms with Gasteiger partial charge in [-0.1, -0.05) is 30.3 Å². The molecule has 158 valence electrons. The van der Waals surface area contributed by atoms with Crippen molar-refractivity contribution in [1.82, 2.24) is 9.88 Å². The van der Waals surface area contributed by atoms with Gasteiger partial charge in [0.05, 0.1) is 13.2 Å². The minimum atomic E-state index is -0.173. The van der Waals surface area contributed by atoms with E-state index in [1.807, 2.05) is 80.3 Å². The highest BCUT2D eigenvalue weighted by molar-refractivity contribution is 5.99. The fourth-order valence-corrected chi connectivity index (χ4v) is 3.80. The van der Waals surface area contributed by atoms with Crippen molar-refractivity contribution < 1.29 is 13.9 Å². The lowest BCUT2D eigenvalue weighted by Crippen LogP contribution is -2.33. The number of fused-ring (bicyclic) bond motifs is 1. The topological polar surface area (TPSA) is 55.6 Å². The second-order valence-electron chi connectivity index (χ2n) is 7.80. The van der Waals surface area contributed by atoms with Crippen molar-refractivity contribution in [2.45, 2.75) is 33.4 Å². The van der Waals surface area contributed by atoms with Crippen molar-refractivity contribution in [2.75, 3.05) is 7.11 Å². The van der Waals surface area contributed by atoms with Crippen molar-refractivity contribution in [2.24, 2.45) is 0 Å². The van der Waals surface area contributed by atoms with Crippen LogP contribution in [0, 0.1) is 13.8 Å². The third-order valence-corrected chi connectivity index (χ3v) is 5.69. The van der Waals surface area contributed by atoms with E-state index in [1.54, 1.807) is 19.5 Å². The maximum atomic E-state index is 13.7. The Balaban J connectivity index is 1.74. The first-order valence-electron chi connectivity index (χ1n) is 10.3. The van der Waals surface area contributed by atoms with Gasteiger partial charge in [-0.05, 0) is 61.7 Å². The highest BCUT2D eigenvalue weighted by Gasteiger charge is 2.28. The van der Waals surface area contributed by atoms with E-state index in [2.05, 4.69) is 4.98 Å². The van der Waals surface area contributed by atoms with E-state index < -0.39 is 0 Å². The molecule has 4 aromatic rings. The summed E-state index contributed by atoms with van der Waals surface area (Å²) in [5, 5.41) is 0.965. The minimum absolute atomic E-state index is 0.140. The predicted molar refractivity (Wildman–Crippen MR) is 121 cm³/mol. The first-order valence-corrected chi connectivity index (χ1v) is 10.3. The molecule has 1 unspecified atom stereocenters. The Kier molecular flexibility index (Phi) is 5.76. The first-order chi connectivity index (χ1) is 15.0. The molecule has 0 spiro atoms. The number of furan rings is 1. The van der Waals surface area contributed by atoms with E-state index in [1.165, 1.54) is 0 Å². The van der Waals surface area contributed by atoms with Crippen molar-refractivity contribution in [3.05, 3.63) is 95.0 Å². The summed E-state index contributed by atoms with van der Waals surface area (Å²) >= 11 is 0. The van der Waals surface area contributed by atoms with Crippen LogP contribution in [0.4, 0.5) is 0 Å². The van der Waals surface area contributed by atoms with Gasteiger partial charge in [0.25, 0.3) is 5.91 Å². The monoisotopic (exact) mass is 414 g/mol. The number of pyridine rings is 1. The molecule has 0 radical (unpaired) electrons. The third kappa shape index (κ3) is 4.17. The fourth-order valence-electron chi connectivity index (χ4n) is 3.80. The molecule has 31 heavy (non-hydrogen) atoms. The molecule has 2 aromatic heterocycles. The summed E-state index contributed by atoms with van der Waals surface area (Å²) in [6.07, 6.45) is 3.52. The molecule has 2 aromatic carbocycles. The van der Waals surface area contributed by atoms with Gasteiger partial charge in [-0.15, -0.1) is 0 Å². The maximum Gasteiger partial charge on any atom is 0.290 e. The van der Waals surface area contributed by atoms with E-state index in [0.29, 0.717) is 12.3 Å². The van der Waals surface area contributed by atoms with E-state index in [4.69, 9.17) is 9.15 Å². The Morgan fingerprint density at radius 2 is 1.90 bits per heavy atom.